The maximum atomic E-state index is 11.9. The fourth-order valence-corrected chi connectivity index (χ4v) is 4.53. The van der Waals surface area contributed by atoms with Crippen LogP contribution in [0.3, 0.4) is 0 Å². The second kappa shape index (κ2) is 6.64. The summed E-state index contributed by atoms with van der Waals surface area (Å²) in [5.74, 6) is 2.38. The lowest BCUT2D eigenvalue weighted by Gasteiger charge is -2.33. The summed E-state index contributed by atoms with van der Waals surface area (Å²) in [5, 5.41) is 2.60. The van der Waals surface area contributed by atoms with Crippen molar-refractivity contribution in [3.63, 3.8) is 0 Å². The van der Waals surface area contributed by atoms with E-state index in [2.05, 4.69) is 15.0 Å². The van der Waals surface area contributed by atoms with Gasteiger partial charge in [0.25, 0.3) is 0 Å². The van der Waals surface area contributed by atoms with Gasteiger partial charge in [-0.3, -0.25) is 0 Å². The highest BCUT2D eigenvalue weighted by Gasteiger charge is 2.29. The van der Waals surface area contributed by atoms with Crippen LogP contribution < -0.4 is 5.32 Å². The van der Waals surface area contributed by atoms with Gasteiger partial charge in [-0.05, 0) is 6.92 Å². The number of carbonyl (C=O) groups is 1. The topological polar surface area (TPSA) is 99.2 Å². The standard InChI is InChI=1S/C11H20N4O4S2/c1-5-10(2)12-11(16)14-6-8-15(9-7-14)21(18,19)13-20(3,4)17/h1,10H,6-9H2,2-4H3,(H,12,16). The summed E-state index contributed by atoms with van der Waals surface area (Å²) in [7, 11) is -6.68. The first kappa shape index (κ1) is 17.7. The average molecular weight is 336 g/mol. The average Bonchev–Trinajstić information content (AvgIpc) is 2.36. The van der Waals surface area contributed by atoms with E-state index in [9.17, 15) is 17.4 Å². The molecule has 0 aliphatic carbocycles. The summed E-state index contributed by atoms with van der Waals surface area (Å²) < 4.78 is 39.9. The van der Waals surface area contributed by atoms with Crippen molar-refractivity contribution < 1.29 is 17.4 Å². The van der Waals surface area contributed by atoms with Gasteiger partial charge in [-0.1, -0.05) is 9.69 Å². The molecule has 1 atom stereocenters. The molecule has 1 N–H and O–H groups in total. The Hall–Kier alpha value is -1.31. The normalized spacial score (nSPS) is 18.7. The Morgan fingerprint density at radius 3 is 2.19 bits per heavy atom. The third-order valence-electron chi connectivity index (χ3n) is 2.72. The van der Waals surface area contributed by atoms with Gasteiger partial charge in [0.15, 0.2) is 0 Å². The third-order valence-corrected chi connectivity index (χ3v) is 5.92. The van der Waals surface area contributed by atoms with E-state index in [4.69, 9.17) is 6.42 Å². The van der Waals surface area contributed by atoms with Crippen molar-refractivity contribution in [2.75, 3.05) is 38.7 Å². The Bertz CT molecular complexity index is 642. The highest BCUT2D eigenvalue weighted by atomic mass is 32.3. The molecule has 8 nitrogen and oxygen atoms in total. The molecule has 1 rings (SSSR count). The van der Waals surface area contributed by atoms with Crippen LogP contribution in [0.2, 0.25) is 0 Å². The second-order valence-electron chi connectivity index (χ2n) is 4.96. The zero-order valence-corrected chi connectivity index (χ0v) is 13.9. The van der Waals surface area contributed by atoms with Gasteiger partial charge in [0.05, 0.1) is 15.8 Å². The fraction of sp³-hybridized carbons (Fsp3) is 0.727. The predicted molar refractivity (Wildman–Crippen MR) is 81.3 cm³/mol. The zero-order chi connectivity index (χ0) is 16.3. The number of hydrogen-bond acceptors (Lipinski definition) is 4. The molecule has 1 aliphatic rings. The Kier molecular flexibility index (Phi) is 5.61. The van der Waals surface area contributed by atoms with Gasteiger partial charge in [-0.15, -0.1) is 6.42 Å². The molecule has 10 heteroatoms. The minimum absolute atomic E-state index is 0.110. The molecule has 21 heavy (non-hydrogen) atoms. The van der Waals surface area contributed by atoms with E-state index in [1.54, 1.807) is 6.92 Å². The molecule has 1 unspecified atom stereocenters. The maximum absolute atomic E-state index is 11.9. The number of carbonyl (C=O) groups excluding carboxylic acids is 1. The van der Waals surface area contributed by atoms with Crippen LogP contribution in [-0.4, -0.2) is 72.6 Å². The van der Waals surface area contributed by atoms with Gasteiger partial charge < -0.3 is 10.2 Å². The monoisotopic (exact) mass is 336 g/mol. The lowest BCUT2D eigenvalue weighted by Crippen LogP contribution is -2.53. The van der Waals surface area contributed by atoms with E-state index in [-0.39, 0.29) is 38.3 Å². The van der Waals surface area contributed by atoms with Crippen molar-refractivity contribution >= 4 is 26.0 Å². The molecule has 0 aromatic carbocycles. The molecule has 1 saturated heterocycles. The minimum atomic E-state index is -3.93. The summed E-state index contributed by atoms with van der Waals surface area (Å²) in [6.45, 7) is 2.36. The van der Waals surface area contributed by atoms with Gasteiger partial charge in [0.1, 0.15) is 0 Å². The molecule has 1 fully saturated rings. The van der Waals surface area contributed by atoms with E-state index in [0.717, 1.165) is 4.31 Å². The van der Waals surface area contributed by atoms with Gasteiger partial charge in [-0.2, -0.15) is 12.7 Å². The fourth-order valence-electron chi connectivity index (χ4n) is 1.71. The van der Waals surface area contributed by atoms with Crippen LogP contribution in [-0.2, 0) is 19.9 Å². The van der Waals surface area contributed by atoms with Crippen LogP contribution in [0.4, 0.5) is 4.79 Å². The van der Waals surface area contributed by atoms with Crippen LogP contribution >= 0.6 is 0 Å². The van der Waals surface area contributed by atoms with Crippen molar-refractivity contribution in [3.05, 3.63) is 0 Å². The Morgan fingerprint density at radius 2 is 1.76 bits per heavy atom. The second-order valence-corrected chi connectivity index (χ2v) is 9.33. The predicted octanol–water partition coefficient (Wildman–Crippen LogP) is -0.692. The number of urea groups is 1. The van der Waals surface area contributed by atoms with E-state index >= 15 is 0 Å². The van der Waals surface area contributed by atoms with Gasteiger partial charge in [0.2, 0.25) is 0 Å². The first-order valence-electron chi connectivity index (χ1n) is 6.25. The van der Waals surface area contributed by atoms with Crippen molar-refractivity contribution in [2.24, 2.45) is 3.77 Å². The third kappa shape index (κ3) is 5.53. The summed E-state index contributed by atoms with van der Waals surface area (Å²) in [6.07, 6.45) is 7.70. The molecule has 120 valence electrons. The lowest BCUT2D eigenvalue weighted by molar-refractivity contribution is 0.171. The SMILES string of the molecule is C#CC(C)NC(=O)N1CCN(S(=O)(=O)N=S(C)(C)=O)CC1. The Morgan fingerprint density at radius 1 is 1.24 bits per heavy atom. The smallest absolute Gasteiger partial charge is 0.325 e. The van der Waals surface area contributed by atoms with E-state index in [1.807, 2.05) is 0 Å². The van der Waals surface area contributed by atoms with Crippen LogP contribution in [0.15, 0.2) is 3.77 Å². The maximum Gasteiger partial charge on any atom is 0.330 e. The molecule has 0 saturated carbocycles. The molecule has 0 bridgehead atoms. The number of piperazine rings is 1. The molecule has 2 amide bonds. The number of nitrogens with one attached hydrogen (secondary N) is 1. The summed E-state index contributed by atoms with van der Waals surface area (Å²) in [5.41, 5.74) is 0. The highest BCUT2D eigenvalue weighted by Crippen LogP contribution is 2.10. The van der Waals surface area contributed by atoms with Crippen molar-refractivity contribution in [3.8, 4) is 12.3 Å². The van der Waals surface area contributed by atoms with Crippen LogP contribution in [0.1, 0.15) is 6.92 Å². The van der Waals surface area contributed by atoms with E-state index in [1.165, 1.54) is 17.4 Å². The number of terminal acetylenes is 1. The quantitative estimate of drug-likeness (QED) is 0.689. The minimum Gasteiger partial charge on any atom is -0.325 e. The summed E-state index contributed by atoms with van der Waals surface area (Å²) >= 11 is 0. The number of rotatable bonds is 3. The van der Waals surface area contributed by atoms with Crippen LogP contribution in [0.5, 0.6) is 0 Å². The van der Waals surface area contributed by atoms with E-state index < -0.39 is 19.9 Å². The first-order chi connectivity index (χ1) is 9.55. The van der Waals surface area contributed by atoms with Crippen molar-refractivity contribution in [1.82, 2.24) is 14.5 Å². The molecular formula is C11H20N4O4S2. The number of amides is 2. The number of hydrogen-bond donors (Lipinski definition) is 1. The highest BCUT2D eigenvalue weighted by molar-refractivity contribution is 8.01. The molecule has 0 radical (unpaired) electrons. The van der Waals surface area contributed by atoms with Gasteiger partial charge in [-0.25, -0.2) is 9.00 Å². The van der Waals surface area contributed by atoms with Crippen LogP contribution in [0, 0.1) is 12.3 Å². The summed E-state index contributed by atoms with van der Waals surface area (Å²) in [6, 6.07) is -0.719. The zero-order valence-electron chi connectivity index (χ0n) is 12.3. The summed E-state index contributed by atoms with van der Waals surface area (Å²) in [4.78, 5) is 13.3. The van der Waals surface area contributed by atoms with E-state index in [0.29, 0.717) is 0 Å². The number of nitrogens with zero attached hydrogens (tertiary/aromatic N) is 3. The molecule has 0 aromatic heterocycles. The molecule has 0 aromatic rings. The molecule has 1 aliphatic heterocycles. The van der Waals surface area contributed by atoms with Crippen LogP contribution in [0.25, 0.3) is 0 Å². The van der Waals surface area contributed by atoms with Gasteiger partial charge in [0, 0.05) is 38.7 Å². The Labute approximate surface area is 126 Å². The van der Waals surface area contributed by atoms with Gasteiger partial charge >= 0.3 is 16.2 Å². The Balaban J connectivity index is 2.67. The largest absolute Gasteiger partial charge is 0.330 e. The lowest BCUT2D eigenvalue weighted by atomic mass is 10.3. The molecule has 1 heterocycles. The first-order valence-corrected chi connectivity index (χ1v) is 9.98. The molecule has 0 spiro atoms. The molecular weight excluding hydrogens is 316 g/mol. The van der Waals surface area contributed by atoms with Crippen molar-refractivity contribution in [2.45, 2.75) is 13.0 Å². The van der Waals surface area contributed by atoms with Crippen molar-refractivity contribution in [1.29, 1.82) is 0 Å².